The van der Waals surface area contributed by atoms with Gasteiger partial charge in [0.25, 0.3) is 5.91 Å². The number of carbonyl (C=O) groups is 2. The van der Waals surface area contributed by atoms with Gasteiger partial charge in [0.15, 0.2) is 0 Å². The average molecular weight is 390 g/mol. The Bertz CT molecular complexity index is 944. The summed E-state index contributed by atoms with van der Waals surface area (Å²) in [7, 11) is 0. The Morgan fingerprint density at radius 2 is 1.41 bits per heavy atom. The molecule has 0 fully saturated rings. The Morgan fingerprint density at radius 3 is 2.03 bits per heavy atom. The Kier molecular flexibility index (Phi) is 6.74. The third kappa shape index (κ3) is 5.75. The number of halogens is 1. The van der Waals surface area contributed by atoms with Gasteiger partial charge in [-0.15, -0.1) is 0 Å². The van der Waals surface area contributed by atoms with Gasteiger partial charge in [0.1, 0.15) is 11.9 Å². The molecule has 29 heavy (non-hydrogen) atoms. The maximum absolute atomic E-state index is 13.2. The zero-order valence-corrected chi connectivity index (χ0v) is 16.1. The molecule has 0 aliphatic rings. The fourth-order valence-corrected chi connectivity index (χ4v) is 3.04. The maximum Gasteiger partial charge on any atom is 0.251 e. The number of rotatable bonds is 7. The normalized spacial score (nSPS) is 12.6. The van der Waals surface area contributed by atoms with Crippen molar-refractivity contribution in [2.75, 3.05) is 0 Å². The molecule has 0 saturated carbocycles. The van der Waals surface area contributed by atoms with Crippen LogP contribution in [0.1, 0.15) is 34.5 Å². The number of nitrogens with one attached hydrogen (secondary N) is 2. The molecule has 0 heterocycles. The van der Waals surface area contributed by atoms with Gasteiger partial charge in [-0.3, -0.25) is 9.59 Å². The Labute approximate surface area is 169 Å². The molecule has 3 rings (SSSR count). The summed E-state index contributed by atoms with van der Waals surface area (Å²) >= 11 is 0. The van der Waals surface area contributed by atoms with E-state index in [0.29, 0.717) is 12.0 Å². The highest BCUT2D eigenvalue weighted by molar-refractivity contribution is 5.97. The maximum atomic E-state index is 13.2. The molecule has 0 spiro atoms. The standard InChI is InChI=1S/C24H23FN2O2/c1-17(19-12-14-21(25)15-13-19)26-24(29)22(16-18-8-4-2-5-9-18)27-23(28)20-10-6-3-7-11-20/h2-15,17,22H,16H2,1H3,(H,26,29)(H,27,28). The van der Waals surface area contributed by atoms with Gasteiger partial charge < -0.3 is 10.6 Å². The van der Waals surface area contributed by atoms with E-state index >= 15 is 0 Å². The van der Waals surface area contributed by atoms with Crippen LogP contribution in [0, 0.1) is 5.82 Å². The summed E-state index contributed by atoms with van der Waals surface area (Å²) in [5.74, 6) is -0.935. The first-order chi connectivity index (χ1) is 14.0. The second-order valence-corrected chi connectivity index (χ2v) is 6.86. The van der Waals surface area contributed by atoms with Crippen molar-refractivity contribution in [1.29, 1.82) is 0 Å². The molecule has 3 aromatic carbocycles. The van der Waals surface area contributed by atoms with Gasteiger partial charge in [-0.25, -0.2) is 4.39 Å². The second kappa shape index (κ2) is 9.64. The van der Waals surface area contributed by atoms with Gasteiger partial charge in [0.2, 0.25) is 5.91 Å². The van der Waals surface area contributed by atoms with Crippen molar-refractivity contribution in [3.05, 3.63) is 107 Å². The van der Waals surface area contributed by atoms with Crippen LogP contribution < -0.4 is 10.6 Å². The molecule has 2 atom stereocenters. The zero-order chi connectivity index (χ0) is 20.6. The highest BCUT2D eigenvalue weighted by Gasteiger charge is 2.23. The minimum Gasteiger partial charge on any atom is -0.348 e. The molecule has 2 amide bonds. The Morgan fingerprint density at radius 1 is 0.828 bits per heavy atom. The van der Waals surface area contributed by atoms with Crippen LogP contribution >= 0.6 is 0 Å². The third-order valence-electron chi connectivity index (χ3n) is 4.67. The molecule has 148 valence electrons. The van der Waals surface area contributed by atoms with E-state index in [1.165, 1.54) is 12.1 Å². The van der Waals surface area contributed by atoms with E-state index in [1.54, 1.807) is 36.4 Å². The summed E-state index contributed by atoms with van der Waals surface area (Å²) in [6, 6.07) is 23.2. The summed E-state index contributed by atoms with van der Waals surface area (Å²) in [4.78, 5) is 25.6. The molecule has 2 N–H and O–H groups in total. The fourth-order valence-electron chi connectivity index (χ4n) is 3.04. The second-order valence-electron chi connectivity index (χ2n) is 6.86. The van der Waals surface area contributed by atoms with E-state index in [1.807, 2.05) is 43.3 Å². The van der Waals surface area contributed by atoms with E-state index in [0.717, 1.165) is 11.1 Å². The monoisotopic (exact) mass is 390 g/mol. The number of carbonyl (C=O) groups excluding carboxylic acids is 2. The molecule has 0 aliphatic heterocycles. The van der Waals surface area contributed by atoms with Gasteiger partial charge in [-0.05, 0) is 42.3 Å². The van der Waals surface area contributed by atoms with Crippen molar-refractivity contribution in [2.24, 2.45) is 0 Å². The van der Waals surface area contributed by atoms with E-state index in [-0.39, 0.29) is 23.7 Å². The number of amides is 2. The Balaban J connectivity index is 1.75. The van der Waals surface area contributed by atoms with Gasteiger partial charge in [0.05, 0.1) is 6.04 Å². The molecule has 5 heteroatoms. The number of hydrogen-bond donors (Lipinski definition) is 2. The quantitative estimate of drug-likeness (QED) is 0.640. The molecule has 0 aromatic heterocycles. The third-order valence-corrected chi connectivity index (χ3v) is 4.67. The molecule has 0 bridgehead atoms. The van der Waals surface area contributed by atoms with Crippen LogP contribution in [0.5, 0.6) is 0 Å². The molecular formula is C24H23FN2O2. The van der Waals surface area contributed by atoms with Crippen molar-refractivity contribution in [1.82, 2.24) is 10.6 Å². The molecule has 0 radical (unpaired) electrons. The van der Waals surface area contributed by atoms with Gasteiger partial charge in [0, 0.05) is 12.0 Å². The largest absolute Gasteiger partial charge is 0.348 e. The fraction of sp³-hybridized carbons (Fsp3) is 0.167. The van der Waals surface area contributed by atoms with Crippen LogP contribution in [0.3, 0.4) is 0 Å². The first-order valence-corrected chi connectivity index (χ1v) is 9.48. The van der Waals surface area contributed by atoms with Crippen LogP contribution in [0.15, 0.2) is 84.9 Å². The molecule has 3 aromatic rings. The lowest BCUT2D eigenvalue weighted by Gasteiger charge is -2.22. The predicted octanol–water partition coefficient (Wildman–Crippen LogP) is 4.04. The molecule has 0 aliphatic carbocycles. The SMILES string of the molecule is CC(NC(=O)C(Cc1ccccc1)NC(=O)c1ccccc1)c1ccc(F)cc1. The van der Waals surface area contributed by atoms with Gasteiger partial charge in [-0.1, -0.05) is 60.7 Å². The van der Waals surface area contributed by atoms with Crippen molar-refractivity contribution >= 4 is 11.8 Å². The molecule has 2 unspecified atom stereocenters. The highest BCUT2D eigenvalue weighted by atomic mass is 19.1. The number of benzene rings is 3. The molecule has 4 nitrogen and oxygen atoms in total. The average Bonchev–Trinajstić information content (AvgIpc) is 2.75. The number of hydrogen-bond acceptors (Lipinski definition) is 2. The van der Waals surface area contributed by atoms with Crippen LogP contribution in [0.2, 0.25) is 0 Å². The lowest BCUT2D eigenvalue weighted by molar-refractivity contribution is -0.123. The zero-order valence-electron chi connectivity index (χ0n) is 16.1. The first-order valence-electron chi connectivity index (χ1n) is 9.48. The summed E-state index contributed by atoms with van der Waals surface area (Å²) in [6.45, 7) is 1.82. The van der Waals surface area contributed by atoms with E-state index < -0.39 is 6.04 Å². The molecular weight excluding hydrogens is 367 g/mol. The van der Waals surface area contributed by atoms with Gasteiger partial charge >= 0.3 is 0 Å². The summed E-state index contributed by atoms with van der Waals surface area (Å²) < 4.78 is 13.2. The highest BCUT2D eigenvalue weighted by Crippen LogP contribution is 2.14. The lowest BCUT2D eigenvalue weighted by Crippen LogP contribution is -2.48. The van der Waals surface area contributed by atoms with E-state index in [4.69, 9.17) is 0 Å². The smallest absolute Gasteiger partial charge is 0.251 e. The minimum atomic E-state index is -0.743. The van der Waals surface area contributed by atoms with Crippen LogP contribution in [0.25, 0.3) is 0 Å². The van der Waals surface area contributed by atoms with E-state index in [9.17, 15) is 14.0 Å². The van der Waals surface area contributed by atoms with Crippen molar-refractivity contribution in [3.63, 3.8) is 0 Å². The summed E-state index contributed by atoms with van der Waals surface area (Å²) in [6.07, 6.45) is 0.362. The van der Waals surface area contributed by atoms with E-state index in [2.05, 4.69) is 10.6 Å². The lowest BCUT2D eigenvalue weighted by atomic mass is 10.0. The Hall–Kier alpha value is -3.47. The van der Waals surface area contributed by atoms with Crippen molar-refractivity contribution < 1.29 is 14.0 Å². The van der Waals surface area contributed by atoms with Crippen LogP contribution in [0.4, 0.5) is 4.39 Å². The summed E-state index contributed by atoms with van der Waals surface area (Å²) in [5, 5.41) is 5.75. The van der Waals surface area contributed by atoms with Crippen molar-refractivity contribution in [3.8, 4) is 0 Å². The first kappa shape index (κ1) is 20.3. The van der Waals surface area contributed by atoms with Gasteiger partial charge in [-0.2, -0.15) is 0 Å². The predicted molar refractivity (Wildman–Crippen MR) is 111 cm³/mol. The summed E-state index contributed by atoms with van der Waals surface area (Å²) in [5.41, 5.74) is 2.22. The minimum absolute atomic E-state index is 0.296. The van der Waals surface area contributed by atoms with Crippen molar-refractivity contribution in [2.45, 2.75) is 25.4 Å². The topological polar surface area (TPSA) is 58.2 Å². The van der Waals surface area contributed by atoms with Crippen LogP contribution in [-0.2, 0) is 11.2 Å². The molecule has 0 saturated heterocycles. The van der Waals surface area contributed by atoms with Crippen LogP contribution in [-0.4, -0.2) is 17.9 Å².